The molecule has 0 aliphatic carbocycles. The molecule has 5 heteroatoms. The maximum atomic E-state index is 12.3. The number of aryl methyl sites for hydroxylation is 2. The fourth-order valence-electron chi connectivity index (χ4n) is 2.05. The summed E-state index contributed by atoms with van der Waals surface area (Å²) in [6.07, 6.45) is 0.897. The van der Waals surface area contributed by atoms with Crippen molar-refractivity contribution in [2.24, 2.45) is 0 Å². The molecule has 4 nitrogen and oxygen atoms in total. The van der Waals surface area contributed by atoms with Gasteiger partial charge >= 0.3 is 5.97 Å². The van der Waals surface area contributed by atoms with Crippen LogP contribution >= 0.6 is 11.3 Å². The van der Waals surface area contributed by atoms with Crippen molar-refractivity contribution in [1.29, 1.82) is 0 Å². The predicted octanol–water partition coefficient (Wildman–Crippen LogP) is 3.66. The molecular weight excluding hydrogens is 286 g/mol. The van der Waals surface area contributed by atoms with Crippen LogP contribution in [0.25, 0.3) is 0 Å². The Kier molecular flexibility index (Phi) is 4.75. The molecule has 1 amide bonds. The van der Waals surface area contributed by atoms with Gasteiger partial charge in [-0.15, -0.1) is 11.3 Å². The molecule has 0 saturated heterocycles. The smallest absolute Gasteiger partial charge is 0.339 e. The molecular formula is C16H17NO3S. The van der Waals surface area contributed by atoms with Crippen molar-refractivity contribution < 1.29 is 14.3 Å². The molecule has 110 valence electrons. The van der Waals surface area contributed by atoms with Crippen LogP contribution in [0, 0.1) is 6.92 Å². The third-order valence-corrected chi connectivity index (χ3v) is 4.30. The molecule has 1 heterocycles. The Morgan fingerprint density at radius 2 is 2.00 bits per heavy atom. The van der Waals surface area contributed by atoms with Crippen molar-refractivity contribution >= 4 is 28.9 Å². The number of carbonyl (C=O) groups excluding carboxylic acids is 2. The summed E-state index contributed by atoms with van der Waals surface area (Å²) in [5, 5.41) is 2.78. The minimum atomic E-state index is -0.470. The van der Waals surface area contributed by atoms with E-state index in [-0.39, 0.29) is 5.91 Å². The number of thiophene rings is 1. The van der Waals surface area contributed by atoms with Gasteiger partial charge in [-0.2, -0.15) is 0 Å². The minimum absolute atomic E-state index is 0.209. The molecule has 2 rings (SSSR count). The number of carbonyl (C=O) groups is 2. The molecule has 0 aliphatic rings. The number of para-hydroxylation sites is 1. The Morgan fingerprint density at radius 3 is 2.62 bits per heavy atom. The van der Waals surface area contributed by atoms with Gasteiger partial charge in [0.1, 0.15) is 0 Å². The second-order valence-electron chi connectivity index (χ2n) is 4.54. The Balaban J connectivity index is 2.25. The van der Waals surface area contributed by atoms with E-state index in [0.717, 1.165) is 11.3 Å². The van der Waals surface area contributed by atoms with Gasteiger partial charge in [0.2, 0.25) is 0 Å². The fourth-order valence-corrected chi connectivity index (χ4v) is 3.06. The molecule has 0 radical (unpaired) electrons. The maximum Gasteiger partial charge on any atom is 0.339 e. The van der Waals surface area contributed by atoms with Gasteiger partial charge in [-0.1, -0.05) is 19.1 Å². The lowest BCUT2D eigenvalue weighted by Crippen LogP contribution is -2.14. The second-order valence-corrected chi connectivity index (χ2v) is 5.79. The molecule has 21 heavy (non-hydrogen) atoms. The third kappa shape index (κ3) is 3.31. The van der Waals surface area contributed by atoms with Gasteiger partial charge in [-0.3, -0.25) is 4.79 Å². The van der Waals surface area contributed by atoms with Crippen molar-refractivity contribution in [2.75, 3.05) is 12.4 Å². The zero-order valence-corrected chi connectivity index (χ0v) is 13.0. The van der Waals surface area contributed by atoms with E-state index in [2.05, 4.69) is 12.2 Å². The predicted molar refractivity (Wildman–Crippen MR) is 84.2 cm³/mol. The van der Waals surface area contributed by atoms with E-state index >= 15 is 0 Å². The van der Waals surface area contributed by atoms with E-state index in [9.17, 15) is 9.59 Å². The summed E-state index contributed by atoms with van der Waals surface area (Å²) in [6, 6.07) is 8.70. The Morgan fingerprint density at radius 1 is 1.29 bits per heavy atom. The quantitative estimate of drug-likeness (QED) is 0.877. The van der Waals surface area contributed by atoms with Gasteiger partial charge in [0, 0.05) is 4.88 Å². The molecule has 1 N–H and O–H groups in total. The lowest BCUT2D eigenvalue weighted by Gasteiger charge is -2.08. The Bertz CT molecular complexity index is 676. The summed E-state index contributed by atoms with van der Waals surface area (Å²) >= 11 is 1.46. The molecule has 0 atom stereocenters. The van der Waals surface area contributed by atoms with E-state index in [1.54, 1.807) is 24.3 Å². The molecule has 0 saturated carbocycles. The largest absolute Gasteiger partial charge is 0.465 e. The SMILES string of the molecule is CCc1cc(C(=O)Nc2ccccc2C(=O)OC)sc1C. The number of benzene rings is 1. The van der Waals surface area contributed by atoms with E-state index in [4.69, 9.17) is 4.74 Å². The number of methoxy groups -OCH3 is 1. The fraction of sp³-hybridized carbons (Fsp3) is 0.250. The van der Waals surface area contributed by atoms with Crippen molar-refractivity contribution in [2.45, 2.75) is 20.3 Å². The van der Waals surface area contributed by atoms with Crippen LogP contribution < -0.4 is 5.32 Å². The van der Waals surface area contributed by atoms with Gasteiger partial charge < -0.3 is 10.1 Å². The highest BCUT2D eigenvalue weighted by atomic mass is 32.1. The first-order chi connectivity index (χ1) is 10.1. The van der Waals surface area contributed by atoms with Crippen molar-refractivity contribution in [3.63, 3.8) is 0 Å². The lowest BCUT2D eigenvalue weighted by atomic mass is 10.1. The number of rotatable bonds is 4. The lowest BCUT2D eigenvalue weighted by molar-refractivity contribution is 0.0602. The number of hydrogen-bond donors (Lipinski definition) is 1. The first-order valence-corrected chi connectivity index (χ1v) is 7.46. The molecule has 0 bridgehead atoms. The van der Waals surface area contributed by atoms with Gasteiger partial charge in [0.25, 0.3) is 5.91 Å². The normalized spacial score (nSPS) is 10.2. The summed E-state index contributed by atoms with van der Waals surface area (Å²) in [5.74, 6) is -0.679. The topological polar surface area (TPSA) is 55.4 Å². The third-order valence-electron chi connectivity index (χ3n) is 3.21. The van der Waals surface area contributed by atoms with Gasteiger partial charge in [-0.05, 0) is 37.1 Å². The highest BCUT2D eigenvalue weighted by Crippen LogP contribution is 2.24. The summed E-state index contributed by atoms with van der Waals surface area (Å²) in [4.78, 5) is 25.8. The monoisotopic (exact) mass is 303 g/mol. The standard InChI is InChI=1S/C16H17NO3S/c1-4-11-9-14(21-10(11)2)15(18)17-13-8-6-5-7-12(13)16(19)20-3/h5-9H,4H2,1-3H3,(H,17,18). The zero-order valence-electron chi connectivity index (χ0n) is 12.2. The summed E-state index contributed by atoms with van der Waals surface area (Å²) in [6.45, 7) is 4.06. The van der Waals surface area contributed by atoms with E-state index in [1.165, 1.54) is 24.0 Å². The Labute approximate surface area is 127 Å². The average Bonchev–Trinajstić information content (AvgIpc) is 2.88. The van der Waals surface area contributed by atoms with Crippen molar-refractivity contribution in [1.82, 2.24) is 0 Å². The van der Waals surface area contributed by atoms with Crippen LogP contribution in [-0.4, -0.2) is 19.0 Å². The molecule has 1 aromatic carbocycles. The summed E-state index contributed by atoms with van der Waals surface area (Å²) in [5.41, 5.74) is 1.97. The number of ether oxygens (including phenoxy) is 1. The second kappa shape index (κ2) is 6.54. The van der Waals surface area contributed by atoms with Gasteiger partial charge in [0.05, 0.1) is 23.2 Å². The molecule has 1 aromatic heterocycles. The highest BCUT2D eigenvalue weighted by molar-refractivity contribution is 7.14. The number of anilines is 1. The van der Waals surface area contributed by atoms with E-state index < -0.39 is 5.97 Å². The number of hydrogen-bond acceptors (Lipinski definition) is 4. The Hall–Kier alpha value is -2.14. The number of amides is 1. The zero-order chi connectivity index (χ0) is 15.4. The average molecular weight is 303 g/mol. The molecule has 0 spiro atoms. The summed E-state index contributed by atoms with van der Waals surface area (Å²) in [7, 11) is 1.32. The van der Waals surface area contributed by atoms with Crippen LogP contribution in [0.15, 0.2) is 30.3 Å². The first kappa shape index (κ1) is 15.3. The molecule has 2 aromatic rings. The van der Waals surface area contributed by atoms with Crippen LogP contribution in [-0.2, 0) is 11.2 Å². The van der Waals surface area contributed by atoms with Crippen molar-refractivity contribution in [3.05, 3.63) is 51.2 Å². The maximum absolute atomic E-state index is 12.3. The van der Waals surface area contributed by atoms with Gasteiger partial charge in [0.15, 0.2) is 0 Å². The molecule has 0 unspecified atom stereocenters. The number of esters is 1. The molecule has 0 aliphatic heterocycles. The molecule has 0 fully saturated rings. The van der Waals surface area contributed by atoms with Crippen LogP contribution in [0.1, 0.15) is 37.4 Å². The van der Waals surface area contributed by atoms with Crippen LogP contribution in [0.4, 0.5) is 5.69 Å². The summed E-state index contributed by atoms with van der Waals surface area (Å²) < 4.78 is 4.72. The van der Waals surface area contributed by atoms with Crippen LogP contribution in [0.3, 0.4) is 0 Å². The van der Waals surface area contributed by atoms with E-state index in [0.29, 0.717) is 16.1 Å². The van der Waals surface area contributed by atoms with Crippen molar-refractivity contribution in [3.8, 4) is 0 Å². The first-order valence-electron chi connectivity index (χ1n) is 6.64. The van der Waals surface area contributed by atoms with Crippen LogP contribution in [0.5, 0.6) is 0 Å². The minimum Gasteiger partial charge on any atom is -0.465 e. The number of nitrogens with one attached hydrogen (secondary N) is 1. The highest BCUT2D eigenvalue weighted by Gasteiger charge is 2.16. The van der Waals surface area contributed by atoms with Crippen LogP contribution in [0.2, 0.25) is 0 Å². The van der Waals surface area contributed by atoms with E-state index in [1.807, 2.05) is 13.0 Å². The van der Waals surface area contributed by atoms with Gasteiger partial charge in [-0.25, -0.2) is 4.79 Å².